The Morgan fingerprint density at radius 1 is 0.867 bits per heavy atom. The summed E-state index contributed by atoms with van der Waals surface area (Å²) in [6.07, 6.45) is 3.64. The van der Waals surface area contributed by atoms with Crippen LogP contribution in [0.25, 0.3) is 0 Å². The van der Waals surface area contributed by atoms with Gasteiger partial charge in [-0.25, -0.2) is 9.59 Å². The van der Waals surface area contributed by atoms with Crippen LogP contribution in [0.2, 0.25) is 5.02 Å². The van der Waals surface area contributed by atoms with Gasteiger partial charge in [-0.15, -0.1) is 0 Å². The summed E-state index contributed by atoms with van der Waals surface area (Å²) in [7, 11) is 0. The number of amides is 1. The summed E-state index contributed by atoms with van der Waals surface area (Å²) in [5.74, 6) is -2.18. The minimum atomic E-state index is -1.82. The number of ether oxygens (including phenoxy) is 1. The van der Waals surface area contributed by atoms with E-state index in [0.29, 0.717) is 17.3 Å². The first-order chi connectivity index (χ1) is 14.3. The highest BCUT2D eigenvalue weighted by Crippen LogP contribution is 2.24. The number of carboxylic acids is 2. The maximum absolute atomic E-state index is 12.1. The van der Waals surface area contributed by atoms with Crippen LogP contribution in [0.5, 0.6) is 11.5 Å². The number of nitrogens with one attached hydrogen (secondary N) is 1. The summed E-state index contributed by atoms with van der Waals surface area (Å²) in [4.78, 5) is 32.5. The van der Waals surface area contributed by atoms with E-state index in [1.165, 1.54) is 19.3 Å². The molecule has 0 saturated carbocycles. The second-order valence-electron chi connectivity index (χ2n) is 6.58. The number of halogens is 1. The fourth-order valence-electron chi connectivity index (χ4n) is 2.77. The van der Waals surface area contributed by atoms with E-state index in [-0.39, 0.29) is 5.91 Å². The molecule has 0 radical (unpaired) electrons. The molecule has 9 heteroatoms. The van der Waals surface area contributed by atoms with Gasteiger partial charge in [0.15, 0.2) is 0 Å². The lowest BCUT2D eigenvalue weighted by Crippen LogP contribution is -2.36. The van der Waals surface area contributed by atoms with E-state index in [1.54, 1.807) is 12.1 Å². The molecule has 30 heavy (non-hydrogen) atoms. The van der Waals surface area contributed by atoms with Gasteiger partial charge in [-0.1, -0.05) is 18.0 Å². The van der Waals surface area contributed by atoms with Crippen molar-refractivity contribution in [1.29, 1.82) is 0 Å². The molecule has 0 atom stereocenters. The molecule has 1 aliphatic heterocycles. The molecule has 3 rings (SSSR count). The zero-order chi connectivity index (χ0) is 21.9. The predicted molar refractivity (Wildman–Crippen MR) is 112 cm³/mol. The molecule has 0 unspecified atom stereocenters. The second kappa shape index (κ2) is 11.8. The highest BCUT2D eigenvalue weighted by atomic mass is 35.5. The van der Waals surface area contributed by atoms with Crippen LogP contribution in [0.4, 0.5) is 5.69 Å². The number of anilines is 1. The van der Waals surface area contributed by atoms with Gasteiger partial charge in [0.2, 0.25) is 5.91 Å². The van der Waals surface area contributed by atoms with Crippen LogP contribution in [0, 0.1) is 0 Å². The quantitative estimate of drug-likeness (QED) is 0.614. The van der Waals surface area contributed by atoms with Crippen LogP contribution in [0.1, 0.15) is 19.3 Å². The summed E-state index contributed by atoms with van der Waals surface area (Å²) in [5.41, 5.74) is 0.778. The first kappa shape index (κ1) is 23.2. The third-order valence-corrected chi connectivity index (χ3v) is 4.44. The van der Waals surface area contributed by atoms with Gasteiger partial charge >= 0.3 is 11.9 Å². The zero-order valence-electron chi connectivity index (χ0n) is 16.2. The molecule has 1 saturated heterocycles. The van der Waals surface area contributed by atoms with E-state index in [4.69, 9.17) is 36.1 Å². The van der Waals surface area contributed by atoms with Crippen LogP contribution in [-0.4, -0.2) is 52.6 Å². The van der Waals surface area contributed by atoms with Crippen LogP contribution in [0.3, 0.4) is 0 Å². The number of piperidine rings is 1. The molecule has 0 aliphatic carbocycles. The Bertz CT molecular complexity index is 837. The molecular formula is C21H23ClN2O6. The van der Waals surface area contributed by atoms with Crippen molar-refractivity contribution >= 4 is 35.1 Å². The van der Waals surface area contributed by atoms with Gasteiger partial charge in [0.25, 0.3) is 0 Å². The minimum Gasteiger partial charge on any atom is -0.473 e. The number of rotatable bonds is 5. The Morgan fingerprint density at radius 3 is 1.87 bits per heavy atom. The normalized spacial score (nSPS) is 13.5. The van der Waals surface area contributed by atoms with Crippen molar-refractivity contribution in [3.63, 3.8) is 0 Å². The van der Waals surface area contributed by atoms with Gasteiger partial charge < -0.3 is 20.3 Å². The first-order valence-electron chi connectivity index (χ1n) is 9.35. The summed E-state index contributed by atoms with van der Waals surface area (Å²) < 4.78 is 5.74. The summed E-state index contributed by atoms with van der Waals surface area (Å²) >= 11 is 5.85. The Balaban J connectivity index is 0.000000469. The van der Waals surface area contributed by atoms with Crippen molar-refractivity contribution in [3.05, 3.63) is 53.6 Å². The third-order valence-electron chi connectivity index (χ3n) is 4.19. The number of aliphatic carboxylic acids is 2. The number of hydrogen-bond acceptors (Lipinski definition) is 5. The predicted octanol–water partition coefficient (Wildman–Crippen LogP) is 3.71. The Labute approximate surface area is 179 Å². The van der Waals surface area contributed by atoms with Crippen LogP contribution >= 0.6 is 11.6 Å². The third kappa shape index (κ3) is 8.50. The molecule has 0 aromatic heterocycles. The fraction of sp³-hybridized carbons (Fsp3) is 0.286. The van der Waals surface area contributed by atoms with Crippen molar-refractivity contribution in [2.24, 2.45) is 0 Å². The van der Waals surface area contributed by atoms with Crippen molar-refractivity contribution in [3.8, 4) is 11.5 Å². The van der Waals surface area contributed by atoms with Crippen LogP contribution in [-0.2, 0) is 14.4 Å². The molecule has 1 fully saturated rings. The van der Waals surface area contributed by atoms with Crippen LogP contribution in [0.15, 0.2) is 48.5 Å². The molecule has 3 N–H and O–H groups in total. The van der Waals surface area contributed by atoms with E-state index in [2.05, 4.69) is 10.2 Å². The number of carbonyl (C=O) groups is 3. The topological polar surface area (TPSA) is 116 Å². The molecule has 1 heterocycles. The molecular weight excluding hydrogens is 412 g/mol. The molecule has 2 aromatic carbocycles. The molecule has 0 bridgehead atoms. The smallest absolute Gasteiger partial charge is 0.414 e. The Morgan fingerprint density at radius 2 is 1.37 bits per heavy atom. The molecule has 160 valence electrons. The lowest BCUT2D eigenvalue weighted by molar-refractivity contribution is -0.159. The molecule has 0 spiro atoms. The zero-order valence-corrected chi connectivity index (χ0v) is 17.0. The van der Waals surface area contributed by atoms with Gasteiger partial charge in [-0.05, 0) is 74.5 Å². The second-order valence-corrected chi connectivity index (χ2v) is 7.01. The number of carboxylic acid groups (broad SMARTS) is 2. The monoisotopic (exact) mass is 434 g/mol. The Kier molecular flexibility index (Phi) is 9.11. The first-order valence-corrected chi connectivity index (χ1v) is 9.73. The number of likely N-dealkylation sites (tertiary alicyclic amines) is 1. The molecule has 2 aromatic rings. The summed E-state index contributed by atoms with van der Waals surface area (Å²) in [6.45, 7) is 2.49. The van der Waals surface area contributed by atoms with E-state index in [0.717, 1.165) is 24.5 Å². The minimum absolute atomic E-state index is 0.0308. The van der Waals surface area contributed by atoms with Gasteiger partial charge in [-0.3, -0.25) is 9.69 Å². The number of hydrogen-bond donors (Lipinski definition) is 3. The number of carbonyl (C=O) groups excluding carboxylic acids is 1. The molecule has 1 amide bonds. The van der Waals surface area contributed by atoms with Crippen molar-refractivity contribution in [2.45, 2.75) is 19.3 Å². The van der Waals surface area contributed by atoms with Gasteiger partial charge in [0, 0.05) is 10.7 Å². The Hall–Kier alpha value is -3.10. The van der Waals surface area contributed by atoms with E-state index < -0.39 is 11.9 Å². The molecule has 1 aliphatic rings. The average molecular weight is 435 g/mol. The summed E-state index contributed by atoms with van der Waals surface area (Å²) in [5, 5.41) is 18.4. The molecule has 8 nitrogen and oxygen atoms in total. The lowest BCUT2D eigenvalue weighted by Gasteiger charge is -2.25. The highest BCUT2D eigenvalue weighted by Gasteiger charge is 2.13. The number of nitrogens with zero attached hydrogens (tertiary/aromatic N) is 1. The van der Waals surface area contributed by atoms with Gasteiger partial charge in [-0.2, -0.15) is 0 Å². The summed E-state index contributed by atoms with van der Waals surface area (Å²) in [6, 6.07) is 14.6. The van der Waals surface area contributed by atoms with Gasteiger partial charge in [0.1, 0.15) is 11.5 Å². The van der Waals surface area contributed by atoms with E-state index in [9.17, 15) is 4.79 Å². The average Bonchev–Trinajstić information content (AvgIpc) is 2.72. The maximum atomic E-state index is 12.1. The number of benzene rings is 2. The van der Waals surface area contributed by atoms with Crippen molar-refractivity contribution in [2.75, 3.05) is 25.0 Å². The SMILES string of the molecule is O=C(CN1CCCCC1)Nc1ccc(Oc2ccc(Cl)cc2)cc1.O=C(O)C(=O)O. The fourth-order valence-corrected chi connectivity index (χ4v) is 2.89. The van der Waals surface area contributed by atoms with Crippen LogP contribution < -0.4 is 10.1 Å². The van der Waals surface area contributed by atoms with E-state index in [1.807, 2.05) is 36.4 Å². The highest BCUT2D eigenvalue weighted by molar-refractivity contribution is 6.30. The van der Waals surface area contributed by atoms with E-state index >= 15 is 0 Å². The maximum Gasteiger partial charge on any atom is 0.414 e. The largest absolute Gasteiger partial charge is 0.473 e. The van der Waals surface area contributed by atoms with Crippen molar-refractivity contribution < 1.29 is 29.3 Å². The standard InChI is InChI=1S/C19H21ClN2O2.C2H2O4/c20-15-4-8-17(9-5-15)24-18-10-6-16(7-11-18)21-19(23)14-22-12-2-1-3-13-22;3-1(4)2(5)6/h4-11H,1-3,12-14H2,(H,21,23);(H,3,4)(H,5,6). The van der Waals surface area contributed by atoms with Crippen molar-refractivity contribution in [1.82, 2.24) is 4.90 Å². The lowest BCUT2D eigenvalue weighted by atomic mass is 10.1. The van der Waals surface area contributed by atoms with Gasteiger partial charge in [0.05, 0.1) is 6.54 Å².